The van der Waals surface area contributed by atoms with Crippen molar-refractivity contribution in [2.24, 2.45) is 5.92 Å². The van der Waals surface area contributed by atoms with Crippen molar-refractivity contribution >= 4 is 0 Å². The van der Waals surface area contributed by atoms with Gasteiger partial charge in [0.25, 0.3) is 0 Å². The normalized spacial score (nSPS) is 37.1. The maximum Gasteiger partial charge on any atom is 0.119 e. The van der Waals surface area contributed by atoms with Crippen molar-refractivity contribution < 1.29 is 14.6 Å². The van der Waals surface area contributed by atoms with Crippen LogP contribution in [-0.2, 0) is 0 Å². The minimum absolute atomic E-state index is 0.245. The molecule has 0 aromatic heterocycles. The summed E-state index contributed by atoms with van der Waals surface area (Å²) in [7, 11) is 0. The van der Waals surface area contributed by atoms with E-state index in [2.05, 4.69) is 0 Å². The number of hydrogen-bond acceptors (Lipinski definition) is 2. The van der Waals surface area contributed by atoms with E-state index in [1.165, 1.54) is 25.2 Å². The van der Waals surface area contributed by atoms with Crippen LogP contribution in [0.4, 0.5) is 4.39 Å². The van der Waals surface area contributed by atoms with Crippen molar-refractivity contribution in [3.63, 3.8) is 0 Å². The quantitative estimate of drug-likeness (QED) is 0.591. The first-order valence-electron chi connectivity index (χ1n) is 3.46. The van der Waals surface area contributed by atoms with Crippen LogP contribution in [0.25, 0.3) is 0 Å². The van der Waals surface area contributed by atoms with Gasteiger partial charge in [0.05, 0.1) is 12.2 Å². The SMILES string of the molecule is C[C@@]1(O)C=CC(F)=C[C@@H]1CO. The van der Waals surface area contributed by atoms with Gasteiger partial charge in [-0.1, -0.05) is 0 Å². The van der Waals surface area contributed by atoms with E-state index in [1.54, 1.807) is 0 Å². The Labute approximate surface area is 64.7 Å². The van der Waals surface area contributed by atoms with Gasteiger partial charge in [-0.3, -0.25) is 0 Å². The van der Waals surface area contributed by atoms with E-state index < -0.39 is 17.3 Å². The van der Waals surface area contributed by atoms with Crippen molar-refractivity contribution in [2.75, 3.05) is 6.61 Å². The molecule has 2 N–H and O–H groups in total. The molecule has 0 saturated carbocycles. The molecule has 0 aliphatic heterocycles. The third kappa shape index (κ3) is 1.67. The summed E-state index contributed by atoms with van der Waals surface area (Å²) in [5.74, 6) is -0.942. The fraction of sp³-hybridized carbons (Fsp3) is 0.500. The lowest BCUT2D eigenvalue weighted by Gasteiger charge is -2.28. The smallest absolute Gasteiger partial charge is 0.119 e. The highest BCUT2D eigenvalue weighted by atomic mass is 19.1. The molecule has 2 nitrogen and oxygen atoms in total. The van der Waals surface area contributed by atoms with E-state index in [1.807, 2.05) is 0 Å². The van der Waals surface area contributed by atoms with Crippen LogP contribution >= 0.6 is 0 Å². The lowest BCUT2D eigenvalue weighted by atomic mass is 9.86. The monoisotopic (exact) mass is 158 g/mol. The first-order chi connectivity index (χ1) is 5.06. The number of aliphatic hydroxyl groups excluding tert-OH is 1. The predicted octanol–water partition coefficient (Wildman–Crippen LogP) is 0.769. The molecule has 0 bridgehead atoms. The van der Waals surface area contributed by atoms with Crippen molar-refractivity contribution in [3.05, 3.63) is 24.1 Å². The average Bonchev–Trinajstić information content (AvgIpc) is 1.94. The van der Waals surface area contributed by atoms with Gasteiger partial charge >= 0.3 is 0 Å². The van der Waals surface area contributed by atoms with Crippen LogP contribution in [0.5, 0.6) is 0 Å². The van der Waals surface area contributed by atoms with Crippen LogP contribution in [0.3, 0.4) is 0 Å². The summed E-state index contributed by atoms with van der Waals surface area (Å²) >= 11 is 0. The van der Waals surface area contributed by atoms with Crippen molar-refractivity contribution in [2.45, 2.75) is 12.5 Å². The van der Waals surface area contributed by atoms with Crippen LogP contribution in [0, 0.1) is 5.92 Å². The van der Waals surface area contributed by atoms with Gasteiger partial charge in [-0.15, -0.1) is 0 Å². The molecular weight excluding hydrogens is 147 g/mol. The Morgan fingerprint density at radius 3 is 2.82 bits per heavy atom. The van der Waals surface area contributed by atoms with E-state index >= 15 is 0 Å². The lowest BCUT2D eigenvalue weighted by Crippen LogP contribution is -2.35. The molecule has 0 radical (unpaired) electrons. The zero-order chi connectivity index (χ0) is 8.48. The van der Waals surface area contributed by atoms with E-state index in [0.29, 0.717) is 0 Å². The standard InChI is InChI=1S/C8H11FO2/c1-8(11)3-2-7(9)4-6(8)5-10/h2-4,6,10-11H,5H2,1H3/t6-,8-/m1/s1. The molecule has 0 saturated heterocycles. The predicted molar refractivity (Wildman–Crippen MR) is 39.5 cm³/mol. The largest absolute Gasteiger partial charge is 0.396 e. The maximum atomic E-state index is 12.5. The number of allylic oxidation sites excluding steroid dienone is 2. The second-order valence-electron chi connectivity index (χ2n) is 2.90. The molecule has 1 aliphatic carbocycles. The molecule has 0 spiro atoms. The Morgan fingerprint density at radius 1 is 1.73 bits per heavy atom. The summed E-state index contributed by atoms with van der Waals surface area (Å²) in [5, 5.41) is 18.2. The van der Waals surface area contributed by atoms with E-state index in [9.17, 15) is 9.50 Å². The van der Waals surface area contributed by atoms with E-state index in [4.69, 9.17) is 5.11 Å². The Kier molecular flexibility index (Phi) is 2.11. The molecule has 0 unspecified atom stereocenters. The van der Waals surface area contributed by atoms with Gasteiger partial charge in [-0.2, -0.15) is 0 Å². The van der Waals surface area contributed by atoms with Crippen molar-refractivity contribution in [1.29, 1.82) is 0 Å². The van der Waals surface area contributed by atoms with Gasteiger partial charge in [-0.25, -0.2) is 4.39 Å². The van der Waals surface area contributed by atoms with E-state index in [0.717, 1.165) is 0 Å². The number of rotatable bonds is 1. The zero-order valence-corrected chi connectivity index (χ0v) is 6.29. The van der Waals surface area contributed by atoms with Gasteiger partial charge in [-0.05, 0) is 25.2 Å². The number of aliphatic hydroxyl groups is 2. The molecule has 0 aromatic carbocycles. The summed E-state index contributed by atoms with van der Waals surface area (Å²) in [6.45, 7) is 1.29. The Morgan fingerprint density at radius 2 is 2.36 bits per heavy atom. The fourth-order valence-corrected chi connectivity index (χ4v) is 1.03. The van der Waals surface area contributed by atoms with Gasteiger partial charge in [0.1, 0.15) is 5.83 Å². The molecule has 0 fully saturated rings. The van der Waals surface area contributed by atoms with Crippen LogP contribution < -0.4 is 0 Å². The number of halogens is 1. The Bertz CT molecular complexity index is 206. The summed E-state index contributed by atoms with van der Waals surface area (Å²) in [6.07, 6.45) is 3.77. The van der Waals surface area contributed by atoms with Crippen LogP contribution in [0.1, 0.15) is 6.92 Å². The second kappa shape index (κ2) is 2.75. The third-order valence-corrected chi connectivity index (χ3v) is 1.89. The number of hydrogen-bond donors (Lipinski definition) is 2. The summed E-state index contributed by atoms with van der Waals surface area (Å²) < 4.78 is 12.5. The maximum absolute atomic E-state index is 12.5. The zero-order valence-electron chi connectivity index (χ0n) is 6.29. The first kappa shape index (κ1) is 8.43. The Balaban J connectivity index is 2.84. The minimum atomic E-state index is -1.12. The minimum Gasteiger partial charge on any atom is -0.396 e. The molecule has 0 amide bonds. The molecule has 2 atom stereocenters. The molecule has 62 valence electrons. The van der Waals surface area contributed by atoms with Crippen LogP contribution in [0.15, 0.2) is 24.1 Å². The molecule has 1 rings (SSSR count). The highest BCUT2D eigenvalue weighted by molar-refractivity contribution is 5.24. The highest BCUT2D eigenvalue weighted by Gasteiger charge is 2.29. The first-order valence-corrected chi connectivity index (χ1v) is 3.46. The molecule has 1 aliphatic rings. The highest BCUT2D eigenvalue weighted by Crippen LogP contribution is 2.26. The topological polar surface area (TPSA) is 40.5 Å². The van der Waals surface area contributed by atoms with Crippen molar-refractivity contribution in [3.8, 4) is 0 Å². The Hall–Kier alpha value is -0.670. The fourth-order valence-electron chi connectivity index (χ4n) is 1.03. The van der Waals surface area contributed by atoms with Gasteiger partial charge in [0, 0.05) is 5.92 Å². The van der Waals surface area contributed by atoms with Crippen LogP contribution in [-0.4, -0.2) is 22.4 Å². The molecule has 0 heterocycles. The van der Waals surface area contributed by atoms with Gasteiger partial charge < -0.3 is 10.2 Å². The second-order valence-corrected chi connectivity index (χ2v) is 2.90. The van der Waals surface area contributed by atoms with Crippen LogP contribution in [0.2, 0.25) is 0 Å². The molecule has 3 heteroatoms. The summed E-state index contributed by atoms with van der Waals surface area (Å²) in [4.78, 5) is 0. The van der Waals surface area contributed by atoms with Crippen molar-refractivity contribution in [1.82, 2.24) is 0 Å². The lowest BCUT2D eigenvalue weighted by molar-refractivity contribution is 0.0361. The third-order valence-electron chi connectivity index (χ3n) is 1.89. The summed E-state index contributed by atoms with van der Waals surface area (Å²) in [6, 6.07) is 0. The van der Waals surface area contributed by atoms with E-state index in [-0.39, 0.29) is 6.61 Å². The van der Waals surface area contributed by atoms with Gasteiger partial charge in [0.2, 0.25) is 0 Å². The molecular formula is C8H11FO2. The molecule has 11 heavy (non-hydrogen) atoms. The van der Waals surface area contributed by atoms with Gasteiger partial charge in [0.15, 0.2) is 0 Å². The average molecular weight is 158 g/mol. The summed E-state index contributed by atoms with van der Waals surface area (Å²) in [5.41, 5.74) is -1.12. The molecule has 0 aromatic rings.